The van der Waals surface area contributed by atoms with Gasteiger partial charge in [0.25, 0.3) is 5.91 Å². The Morgan fingerprint density at radius 2 is 2.14 bits per heavy atom. The van der Waals surface area contributed by atoms with Crippen LogP contribution < -0.4 is 4.74 Å². The summed E-state index contributed by atoms with van der Waals surface area (Å²) in [5.41, 5.74) is 0.123. The summed E-state index contributed by atoms with van der Waals surface area (Å²) >= 11 is 0. The number of rotatable bonds is 5. The average molecular weight is 325 g/mol. The van der Waals surface area contributed by atoms with Crippen molar-refractivity contribution >= 4 is 16.7 Å². The summed E-state index contributed by atoms with van der Waals surface area (Å²) in [6.07, 6.45) is 1.93. The maximum Gasteiger partial charge on any atom is 0.256 e. The number of hydrogen-bond donors (Lipinski definition) is 0. The van der Waals surface area contributed by atoms with Gasteiger partial charge in [-0.1, -0.05) is 13.3 Å². The van der Waals surface area contributed by atoms with Crippen molar-refractivity contribution in [2.24, 2.45) is 5.41 Å². The lowest BCUT2D eigenvalue weighted by Gasteiger charge is -2.54. The third-order valence-corrected chi connectivity index (χ3v) is 6.08. The van der Waals surface area contributed by atoms with Gasteiger partial charge >= 0.3 is 0 Å². The number of carbonyl (C=O) groups excluding carboxylic acids is 1. The van der Waals surface area contributed by atoms with Gasteiger partial charge in [0.15, 0.2) is 0 Å². The van der Waals surface area contributed by atoms with Crippen molar-refractivity contribution < 1.29 is 18.1 Å². The fraction of sp³-hybridized carbons (Fsp3) is 0.562. The first kappa shape index (κ1) is 15.5. The molecule has 1 spiro atoms. The SMILES string of the molecule is CCCCOc1ccc(C(=O)N2CC3(C2)CS(=O)C3)c(F)c1. The van der Waals surface area contributed by atoms with Gasteiger partial charge in [0.2, 0.25) is 0 Å². The van der Waals surface area contributed by atoms with Crippen molar-refractivity contribution in [2.75, 3.05) is 31.2 Å². The second-order valence-corrected chi connectivity index (χ2v) is 7.69. The molecule has 2 fully saturated rings. The van der Waals surface area contributed by atoms with E-state index >= 15 is 0 Å². The van der Waals surface area contributed by atoms with Crippen LogP contribution in [0.3, 0.4) is 0 Å². The molecule has 0 radical (unpaired) electrons. The van der Waals surface area contributed by atoms with E-state index in [1.165, 1.54) is 12.1 Å². The number of benzene rings is 1. The number of hydrogen-bond acceptors (Lipinski definition) is 3. The molecule has 0 aromatic heterocycles. The molecule has 0 bridgehead atoms. The van der Waals surface area contributed by atoms with E-state index in [9.17, 15) is 13.4 Å². The van der Waals surface area contributed by atoms with E-state index in [1.807, 2.05) is 0 Å². The highest BCUT2D eigenvalue weighted by Gasteiger charge is 2.53. The first-order valence-corrected chi connectivity index (χ1v) is 9.08. The Morgan fingerprint density at radius 1 is 1.41 bits per heavy atom. The number of unbranched alkanes of at least 4 members (excludes halogenated alkanes) is 1. The summed E-state index contributed by atoms with van der Waals surface area (Å²) in [6, 6.07) is 4.40. The quantitative estimate of drug-likeness (QED) is 0.780. The fourth-order valence-corrected chi connectivity index (χ4v) is 4.64. The minimum atomic E-state index is -0.723. The molecule has 0 aliphatic carbocycles. The van der Waals surface area contributed by atoms with E-state index < -0.39 is 16.6 Å². The van der Waals surface area contributed by atoms with Crippen LogP contribution in [0.1, 0.15) is 30.1 Å². The zero-order chi connectivity index (χ0) is 15.7. The molecule has 120 valence electrons. The number of amides is 1. The van der Waals surface area contributed by atoms with E-state index in [4.69, 9.17) is 4.74 Å². The van der Waals surface area contributed by atoms with Gasteiger partial charge in [0, 0.05) is 46.9 Å². The van der Waals surface area contributed by atoms with Crippen LogP contribution >= 0.6 is 0 Å². The summed E-state index contributed by atoms with van der Waals surface area (Å²) in [5, 5.41) is 0. The van der Waals surface area contributed by atoms with Gasteiger partial charge < -0.3 is 9.64 Å². The molecule has 2 saturated heterocycles. The van der Waals surface area contributed by atoms with E-state index in [2.05, 4.69) is 6.92 Å². The molecule has 3 rings (SSSR count). The van der Waals surface area contributed by atoms with Crippen molar-refractivity contribution in [1.82, 2.24) is 4.90 Å². The fourth-order valence-electron chi connectivity index (χ4n) is 2.99. The predicted molar refractivity (Wildman–Crippen MR) is 83.0 cm³/mol. The predicted octanol–water partition coefficient (Wildman–Crippen LogP) is 2.21. The lowest BCUT2D eigenvalue weighted by Crippen LogP contribution is -2.68. The highest BCUT2D eigenvalue weighted by Crippen LogP contribution is 2.40. The van der Waals surface area contributed by atoms with Crippen molar-refractivity contribution in [3.05, 3.63) is 29.6 Å². The Hall–Kier alpha value is -1.43. The zero-order valence-electron chi connectivity index (χ0n) is 12.6. The molecule has 0 unspecified atom stereocenters. The topological polar surface area (TPSA) is 46.6 Å². The van der Waals surface area contributed by atoms with Crippen molar-refractivity contribution in [3.8, 4) is 5.75 Å². The zero-order valence-corrected chi connectivity index (χ0v) is 13.5. The van der Waals surface area contributed by atoms with Crippen molar-refractivity contribution in [3.63, 3.8) is 0 Å². The summed E-state index contributed by atoms with van der Waals surface area (Å²) in [7, 11) is -0.723. The van der Waals surface area contributed by atoms with Gasteiger partial charge in [0.1, 0.15) is 11.6 Å². The number of halogens is 1. The Labute approximate surface area is 132 Å². The minimum Gasteiger partial charge on any atom is -0.493 e. The summed E-state index contributed by atoms with van der Waals surface area (Å²) in [6.45, 7) is 3.79. The molecule has 2 heterocycles. The molecule has 0 N–H and O–H groups in total. The van der Waals surface area contributed by atoms with Gasteiger partial charge in [-0.15, -0.1) is 0 Å². The molecule has 1 amide bonds. The van der Waals surface area contributed by atoms with Crippen molar-refractivity contribution in [1.29, 1.82) is 0 Å². The highest BCUT2D eigenvalue weighted by atomic mass is 32.2. The maximum absolute atomic E-state index is 14.1. The van der Waals surface area contributed by atoms with Gasteiger partial charge in [-0.25, -0.2) is 4.39 Å². The van der Waals surface area contributed by atoms with Crippen LogP contribution in [-0.4, -0.2) is 46.2 Å². The van der Waals surface area contributed by atoms with Crippen LogP contribution in [-0.2, 0) is 10.8 Å². The van der Waals surface area contributed by atoms with E-state index in [0.717, 1.165) is 12.8 Å². The number of ether oxygens (including phenoxy) is 1. The molecule has 1 aromatic rings. The van der Waals surface area contributed by atoms with E-state index in [0.29, 0.717) is 37.0 Å². The molecule has 22 heavy (non-hydrogen) atoms. The Kier molecular flexibility index (Phi) is 4.21. The molecular formula is C16H20FNO3S. The van der Waals surface area contributed by atoms with Gasteiger partial charge in [-0.05, 0) is 18.6 Å². The molecule has 0 atom stereocenters. The van der Waals surface area contributed by atoms with Gasteiger partial charge in [0.05, 0.1) is 12.2 Å². The maximum atomic E-state index is 14.1. The second-order valence-electron chi connectivity index (χ2n) is 6.23. The van der Waals surface area contributed by atoms with Crippen LogP contribution in [0, 0.1) is 11.2 Å². The monoisotopic (exact) mass is 325 g/mol. The summed E-state index contributed by atoms with van der Waals surface area (Å²) < 4.78 is 30.7. The molecule has 1 aromatic carbocycles. The summed E-state index contributed by atoms with van der Waals surface area (Å²) in [4.78, 5) is 13.9. The standard InChI is InChI=1S/C16H20FNO3S/c1-2-3-6-21-12-4-5-13(14(17)7-12)15(19)18-8-16(9-18)10-22(20)11-16/h4-5,7H,2-3,6,8-11H2,1H3. The third-order valence-electron chi connectivity index (χ3n) is 4.21. The lowest BCUT2D eigenvalue weighted by atomic mass is 9.82. The second kappa shape index (κ2) is 5.99. The molecule has 0 saturated carbocycles. The first-order chi connectivity index (χ1) is 10.5. The van der Waals surface area contributed by atoms with Crippen LogP contribution in [0.4, 0.5) is 4.39 Å². The Morgan fingerprint density at radius 3 is 2.73 bits per heavy atom. The minimum absolute atomic E-state index is 0.0419. The Balaban J connectivity index is 1.60. The average Bonchev–Trinajstić information content (AvgIpc) is 2.41. The van der Waals surface area contributed by atoms with Crippen molar-refractivity contribution in [2.45, 2.75) is 19.8 Å². The molecular weight excluding hydrogens is 305 g/mol. The molecule has 2 aliphatic rings. The van der Waals surface area contributed by atoms with Gasteiger partial charge in [-0.2, -0.15) is 0 Å². The molecule has 4 nitrogen and oxygen atoms in total. The van der Waals surface area contributed by atoms with Crippen LogP contribution in [0.2, 0.25) is 0 Å². The summed E-state index contributed by atoms with van der Waals surface area (Å²) in [5.74, 6) is 0.961. The Bertz CT molecular complexity index is 603. The lowest BCUT2D eigenvalue weighted by molar-refractivity contribution is 0.0212. The molecule has 2 aliphatic heterocycles. The number of likely N-dealkylation sites (tertiary alicyclic amines) is 1. The normalized spacial score (nSPS) is 19.6. The van der Waals surface area contributed by atoms with E-state index in [1.54, 1.807) is 11.0 Å². The van der Waals surface area contributed by atoms with E-state index in [-0.39, 0.29) is 16.9 Å². The first-order valence-electron chi connectivity index (χ1n) is 7.60. The van der Waals surface area contributed by atoms with Crippen LogP contribution in [0.5, 0.6) is 5.75 Å². The van der Waals surface area contributed by atoms with Crippen LogP contribution in [0.15, 0.2) is 18.2 Å². The smallest absolute Gasteiger partial charge is 0.256 e. The largest absolute Gasteiger partial charge is 0.493 e. The number of carbonyl (C=O) groups is 1. The highest BCUT2D eigenvalue weighted by molar-refractivity contribution is 7.86. The third kappa shape index (κ3) is 2.89. The van der Waals surface area contributed by atoms with Gasteiger partial charge in [-0.3, -0.25) is 9.00 Å². The van der Waals surface area contributed by atoms with Crippen LogP contribution in [0.25, 0.3) is 0 Å². The number of nitrogens with zero attached hydrogens (tertiary/aromatic N) is 1. The molecule has 6 heteroatoms.